The largest absolute Gasteiger partial charge is 0.493 e. The molecular weight excluding hydrogens is 406 g/mol. The minimum absolute atomic E-state index is 0.134. The molecule has 2 heterocycles. The lowest BCUT2D eigenvalue weighted by molar-refractivity contribution is -0.173. The molecule has 0 radical (unpaired) electrons. The van der Waals surface area contributed by atoms with E-state index < -0.39 is 41.6 Å². The van der Waals surface area contributed by atoms with E-state index in [0.717, 1.165) is 17.7 Å². The van der Waals surface area contributed by atoms with E-state index in [0.29, 0.717) is 24.3 Å². The Kier molecular flexibility index (Phi) is 4.38. The predicted molar refractivity (Wildman–Crippen MR) is 106 cm³/mol. The minimum Gasteiger partial charge on any atom is -0.493 e. The van der Waals surface area contributed by atoms with E-state index in [4.69, 9.17) is 19.3 Å². The second-order valence-corrected chi connectivity index (χ2v) is 8.82. The number of nitrogens with zero attached hydrogens (tertiary/aromatic N) is 1. The Hall–Kier alpha value is -2.62. The topological polar surface area (TPSA) is 126 Å². The van der Waals surface area contributed by atoms with Crippen molar-refractivity contribution >= 4 is 11.9 Å². The van der Waals surface area contributed by atoms with Gasteiger partial charge in [-0.15, -0.1) is 0 Å². The van der Waals surface area contributed by atoms with Crippen molar-refractivity contribution < 1.29 is 39.1 Å². The summed E-state index contributed by atoms with van der Waals surface area (Å²) in [4.78, 5) is 25.4. The molecule has 1 spiro atoms. The molecule has 4 aliphatic rings. The van der Waals surface area contributed by atoms with Crippen LogP contribution in [0.25, 0.3) is 0 Å². The molecule has 2 bridgehead atoms. The molecule has 2 aliphatic heterocycles. The van der Waals surface area contributed by atoms with Gasteiger partial charge in [0.15, 0.2) is 23.7 Å². The molecule has 1 saturated heterocycles. The third kappa shape index (κ3) is 2.54. The highest BCUT2D eigenvalue weighted by molar-refractivity contribution is 5.81. The number of carboxylic acid groups (broad SMARTS) is 1. The summed E-state index contributed by atoms with van der Waals surface area (Å²) < 4.78 is 17.3. The number of rotatable bonds is 5. The van der Waals surface area contributed by atoms with Gasteiger partial charge in [0, 0.05) is 18.0 Å². The van der Waals surface area contributed by atoms with Crippen LogP contribution in [0.1, 0.15) is 30.4 Å². The second-order valence-electron chi connectivity index (χ2n) is 8.82. The summed E-state index contributed by atoms with van der Waals surface area (Å²) in [5.74, 6) is -1.09. The number of aliphatic hydroxyl groups is 2. The number of piperidine rings is 1. The SMILES string of the molecule is COc1ccc2c3c1O[C@H]1C(OC(=O)[C@@H](O)CC(=O)O)=CC[C@@]4(O)[C@H](C2)N(C)CC[C@]314. The van der Waals surface area contributed by atoms with Gasteiger partial charge in [-0.1, -0.05) is 6.07 Å². The Morgan fingerprint density at radius 1 is 1.39 bits per heavy atom. The van der Waals surface area contributed by atoms with Crippen LogP contribution in [0.5, 0.6) is 11.5 Å². The van der Waals surface area contributed by atoms with Crippen LogP contribution in [0.4, 0.5) is 0 Å². The first-order valence-corrected chi connectivity index (χ1v) is 10.3. The lowest BCUT2D eigenvalue weighted by Gasteiger charge is -2.61. The molecule has 0 saturated carbocycles. The lowest BCUT2D eigenvalue weighted by Crippen LogP contribution is -2.74. The van der Waals surface area contributed by atoms with Crippen LogP contribution in [-0.2, 0) is 26.2 Å². The highest BCUT2D eigenvalue weighted by atomic mass is 16.6. The van der Waals surface area contributed by atoms with E-state index in [1.807, 2.05) is 19.2 Å². The number of hydrogen-bond acceptors (Lipinski definition) is 8. The van der Waals surface area contributed by atoms with Crippen molar-refractivity contribution in [2.24, 2.45) is 0 Å². The molecular formula is C22H25NO8. The smallest absolute Gasteiger partial charge is 0.340 e. The molecule has 5 rings (SSSR count). The van der Waals surface area contributed by atoms with Crippen LogP contribution >= 0.6 is 0 Å². The van der Waals surface area contributed by atoms with Gasteiger partial charge in [-0.05, 0) is 44.1 Å². The van der Waals surface area contributed by atoms with Crippen LogP contribution in [0.2, 0.25) is 0 Å². The molecule has 166 valence electrons. The number of esters is 1. The van der Waals surface area contributed by atoms with Crippen molar-refractivity contribution in [2.75, 3.05) is 20.7 Å². The normalized spacial score (nSPS) is 33.6. The van der Waals surface area contributed by atoms with E-state index in [2.05, 4.69) is 4.90 Å². The summed E-state index contributed by atoms with van der Waals surface area (Å²) >= 11 is 0. The van der Waals surface area contributed by atoms with Gasteiger partial charge in [-0.25, -0.2) is 4.79 Å². The Labute approximate surface area is 178 Å². The molecule has 1 aromatic carbocycles. The van der Waals surface area contributed by atoms with Crippen LogP contribution in [0, 0.1) is 0 Å². The van der Waals surface area contributed by atoms with E-state index in [9.17, 15) is 19.8 Å². The number of carbonyl (C=O) groups excluding carboxylic acids is 1. The van der Waals surface area contributed by atoms with Crippen LogP contribution in [0.15, 0.2) is 24.0 Å². The van der Waals surface area contributed by atoms with Gasteiger partial charge in [0.2, 0.25) is 0 Å². The number of aliphatic hydroxyl groups excluding tert-OH is 1. The Balaban J connectivity index is 1.61. The van der Waals surface area contributed by atoms with E-state index in [1.165, 1.54) is 0 Å². The Morgan fingerprint density at radius 3 is 2.87 bits per heavy atom. The summed E-state index contributed by atoms with van der Waals surface area (Å²) in [5.41, 5.74) is 0.00341. The third-order valence-corrected chi connectivity index (χ3v) is 7.42. The molecule has 0 aromatic heterocycles. The summed E-state index contributed by atoms with van der Waals surface area (Å²) in [7, 11) is 3.55. The fourth-order valence-electron chi connectivity index (χ4n) is 6.02. The van der Waals surface area contributed by atoms with Gasteiger partial charge in [0.25, 0.3) is 0 Å². The highest BCUT2D eigenvalue weighted by Crippen LogP contribution is 2.65. The van der Waals surface area contributed by atoms with E-state index >= 15 is 0 Å². The number of carbonyl (C=O) groups is 2. The molecule has 9 heteroatoms. The van der Waals surface area contributed by atoms with Crippen molar-refractivity contribution in [3.8, 4) is 11.5 Å². The first-order valence-electron chi connectivity index (χ1n) is 10.3. The maximum Gasteiger partial charge on any atom is 0.340 e. The van der Waals surface area contributed by atoms with Gasteiger partial charge < -0.3 is 34.4 Å². The van der Waals surface area contributed by atoms with Crippen molar-refractivity contribution in [1.29, 1.82) is 0 Å². The molecule has 9 nitrogen and oxygen atoms in total. The van der Waals surface area contributed by atoms with Gasteiger partial charge >= 0.3 is 11.9 Å². The first kappa shape index (κ1) is 20.3. The summed E-state index contributed by atoms with van der Waals surface area (Å²) in [6.45, 7) is 0.728. The standard InChI is InChI=1S/C22H25NO8/c1-23-8-7-21-17-11-3-4-13(29-2)18(17)31-19(21)14(5-6-22(21,28)15(23)9-11)30-20(27)12(24)10-16(25)26/h3-5,12,15,19,24,28H,6-10H2,1-2H3,(H,25,26)/t12-,15-,19-,21-,22+/m0/s1. The van der Waals surface area contributed by atoms with E-state index in [1.54, 1.807) is 13.2 Å². The predicted octanol–water partition coefficient (Wildman–Crippen LogP) is 0.352. The molecule has 31 heavy (non-hydrogen) atoms. The number of benzene rings is 1. The fraction of sp³-hybridized carbons (Fsp3) is 0.545. The lowest BCUT2D eigenvalue weighted by atomic mass is 9.50. The maximum absolute atomic E-state index is 12.4. The van der Waals surface area contributed by atoms with Crippen molar-refractivity contribution in [3.05, 3.63) is 35.1 Å². The van der Waals surface area contributed by atoms with Crippen LogP contribution in [-0.4, -0.2) is 76.7 Å². The summed E-state index contributed by atoms with van der Waals surface area (Å²) in [6.07, 6.45) is -0.203. The van der Waals surface area contributed by atoms with Crippen LogP contribution in [0.3, 0.4) is 0 Å². The monoisotopic (exact) mass is 431 g/mol. The number of likely N-dealkylation sites (tertiary alicyclic amines) is 1. The quantitative estimate of drug-likeness (QED) is 0.566. The maximum atomic E-state index is 12.4. The summed E-state index contributed by atoms with van der Waals surface area (Å²) in [6, 6.07) is 3.71. The molecule has 2 aliphatic carbocycles. The first-order chi connectivity index (χ1) is 14.7. The highest BCUT2D eigenvalue weighted by Gasteiger charge is 2.72. The van der Waals surface area contributed by atoms with Gasteiger partial charge in [-0.2, -0.15) is 0 Å². The molecule has 1 aromatic rings. The molecule has 0 unspecified atom stereocenters. The van der Waals surface area contributed by atoms with E-state index in [-0.39, 0.29) is 18.2 Å². The Bertz CT molecular complexity index is 1010. The number of aliphatic carboxylic acids is 1. The number of ether oxygens (including phenoxy) is 3. The zero-order valence-corrected chi connectivity index (χ0v) is 17.3. The number of hydrogen-bond donors (Lipinski definition) is 3. The average molecular weight is 431 g/mol. The Morgan fingerprint density at radius 2 is 2.16 bits per heavy atom. The van der Waals surface area contributed by atoms with Crippen molar-refractivity contribution in [3.63, 3.8) is 0 Å². The zero-order valence-electron chi connectivity index (χ0n) is 17.3. The molecule has 3 N–H and O–H groups in total. The number of likely N-dealkylation sites (N-methyl/N-ethyl adjacent to an activating group) is 1. The fourth-order valence-corrected chi connectivity index (χ4v) is 6.02. The van der Waals surface area contributed by atoms with Gasteiger partial charge in [0.05, 0.1) is 24.5 Å². The molecule has 5 atom stereocenters. The van der Waals surface area contributed by atoms with Gasteiger partial charge in [-0.3, -0.25) is 4.79 Å². The summed E-state index contributed by atoms with van der Waals surface area (Å²) in [5, 5.41) is 30.8. The van der Waals surface area contributed by atoms with Crippen molar-refractivity contribution in [1.82, 2.24) is 4.90 Å². The third-order valence-electron chi connectivity index (χ3n) is 7.42. The molecule has 1 fully saturated rings. The molecule has 0 amide bonds. The van der Waals surface area contributed by atoms with Crippen LogP contribution < -0.4 is 9.47 Å². The average Bonchev–Trinajstić information content (AvgIpc) is 3.07. The van der Waals surface area contributed by atoms with Crippen molar-refractivity contribution in [2.45, 2.75) is 54.9 Å². The number of methoxy groups -OCH3 is 1. The van der Waals surface area contributed by atoms with Gasteiger partial charge in [0.1, 0.15) is 5.76 Å². The minimum atomic E-state index is -1.79. The second kappa shape index (κ2) is 6.69. The zero-order chi connectivity index (χ0) is 22.1. The number of carboxylic acids is 1.